The highest BCUT2D eigenvalue weighted by Crippen LogP contribution is 2.17. The highest BCUT2D eigenvalue weighted by atomic mass is 35.5. The van der Waals surface area contributed by atoms with Crippen LogP contribution in [0.5, 0.6) is 0 Å². The Balaban J connectivity index is 1.73. The summed E-state index contributed by atoms with van der Waals surface area (Å²) in [6, 6.07) is 14.1. The molecule has 10 heteroatoms. The molecular formula is C24H32ClN5O4. The first-order valence-electron chi connectivity index (χ1n) is 11.0. The van der Waals surface area contributed by atoms with Crippen LogP contribution in [0.3, 0.4) is 0 Å². The Hall–Kier alpha value is -3.11. The number of carbonyl (C=O) groups is 2. The molecule has 0 fully saturated rings. The summed E-state index contributed by atoms with van der Waals surface area (Å²) in [4.78, 5) is 24.4. The third kappa shape index (κ3) is 9.03. The largest absolute Gasteiger partial charge is 0.385 e. The van der Waals surface area contributed by atoms with Crippen LogP contribution in [0.2, 0.25) is 5.02 Å². The molecule has 184 valence electrons. The van der Waals surface area contributed by atoms with Crippen molar-refractivity contribution in [1.82, 2.24) is 10.6 Å². The maximum Gasteiger partial charge on any atom is 0.252 e. The number of amides is 2. The van der Waals surface area contributed by atoms with E-state index in [-0.39, 0.29) is 6.54 Å². The molecule has 9 nitrogen and oxygen atoms in total. The van der Waals surface area contributed by atoms with Crippen molar-refractivity contribution in [2.75, 3.05) is 30.3 Å². The number of anilines is 2. The smallest absolute Gasteiger partial charge is 0.252 e. The van der Waals surface area contributed by atoms with Crippen molar-refractivity contribution in [3.8, 4) is 0 Å². The molecule has 0 aliphatic heterocycles. The normalized spacial score (nSPS) is 13.7. The minimum absolute atomic E-state index is 0.259. The van der Waals surface area contributed by atoms with Gasteiger partial charge in [-0.05, 0) is 55.4 Å². The predicted octanol–water partition coefficient (Wildman–Crippen LogP) is 1.74. The maximum atomic E-state index is 12.3. The lowest BCUT2D eigenvalue weighted by atomic mass is 10.1. The zero-order chi connectivity index (χ0) is 24.9. The highest BCUT2D eigenvalue weighted by Gasteiger charge is 2.30. The SMILES string of the molecule is C[C@@H](NC(=O)C(O)[C@@H](O)C(=O)NCCCNc1cccc(Cl)c1)c1ccc(N/C=C\CN)cc1. The fraction of sp³-hybridized carbons (Fsp3) is 0.333. The summed E-state index contributed by atoms with van der Waals surface area (Å²) in [6.07, 6.45) is 0.302. The third-order valence-electron chi connectivity index (χ3n) is 4.92. The Labute approximate surface area is 204 Å². The van der Waals surface area contributed by atoms with Crippen LogP contribution in [0.1, 0.15) is 24.9 Å². The molecule has 8 N–H and O–H groups in total. The van der Waals surface area contributed by atoms with Crippen LogP contribution in [0, 0.1) is 0 Å². The van der Waals surface area contributed by atoms with E-state index in [1.807, 2.05) is 36.4 Å². The molecule has 2 rings (SSSR count). The molecule has 0 aliphatic carbocycles. The lowest BCUT2D eigenvalue weighted by Gasteiger charge is -2.20. The summed E-state index contributed by atoms with van der Waals surface area (Å²) in [6.45, 7) is 2.99. The van der Waals surface area contributed by atoms with Crippen molar-refractivity contribution in [1.29, 1.82) is 0 Å². The molecule has 34 heavy (non-hydrogen) atoms. The lowest BCUT2D eigenvalue weighted by Crippen LogP contribution is -2.50. The first kappa shape index (κ1) is 27.1. The summed E-state index contributed by atoms with van der Waals surface area (Å²) < 4.78 is 0. The first-order chi connectivity index (χ1) is 16.3. The molecule has 1 unspecified atom stereocenters. The predicted molar refractivity (Wildman–Crippen MR) is 134 cm³/mol. The van der Waals surface area contributed by atoms with Gasteiger partial charge in [-0.15, -0.1) is 0 Å². The second-order valence-electron chi connectivity index (χ2n) is 7.61. The van der Waals surface area contributed by atoms with Crippen LogP contribution < -0.4 is 27.0 Å². The molecule has 0 aromatic heterocycles. The molecule has 0 spiro atoms. The van der Waals surface area contributed by atoms with E-state index in [0.29, 0.717) is 24.5 Å². The maximum absolute atomic E-state index is 12.3. The van der Waals surface area contributed by atoms with E-state index >= 15 is 0 Å². The number of nitrogens with two attached hydrogens (primary N) is 1. The van der Waals surface area contributed by atoms with E-state index in [9.17, 15) is 19.8 Å². The number of carbonyl (C=O) groups excluding carboxylic acids is 2. The average molecular weight is 490 g/mol. The van der Waals surface area contributed by atoms with Crippen LogP contribution in [-0.2, 0) is 9.59 Å². The van der Waals surface area contributed by atoms with Crippen molar-refractivity contribution in [2.45, 2.75) is 31.6 Å². The van der Waals surface area contributed by atoms with E-state index in [0.717, 1.165) is 16.9 Å². The van der Waals surface area contributed by atoms with Gasteiger partial charge in [0.15, 0.2) is 12.2 Å². The number of rotatable bonds is 13. The summed E-state index contributed by atoms with van der Waals surface area (Å²) in [5.41, 5.74) is 7.89. The van der Waals surface area contributed by atoms with Gasteiger partial charge in [0.05, 0.1) is 6.04 Å². The molecule has 0 saturated carbocycles. The molecular weight excluding hydrogens is 458 g/mol. The molecule has 2 aromatic rings. The van der Waals surface area contributed by atoms with Crippen molar-refractivity contribution >= 4 is 34.8 Å². The molecule has 0 saturated heterocycles. The molecule has 0 bridgehead atoms. The summed E-state index contributed by atoms with van der Waals surface area (Å²) in [7, 11) is 0. The van der Waals surface area contributed by atoms with Gasteiger partial charge in [0, 0.05) is 36.0 Å². The van der Waals surface area contributed by atoms with Gasteiger partial charge in [-0.2, -0.15) is 0 Å². The molecule has 0 aliphatic rings. The molecule has 0 heterocycles. The van der Waals surface area contributed by atoms with Crippen molar-refractivity contribution in [3.63, 3.8) is 0 Å². The quantitative estimate of drug-likeness (QED) is 0.212. The van der Waals surface area contributed by atoms with E-state index in [2.05, 4.69) is 21.3 Å². The standard InChI is InChI=1S/C24H32ClN5O4/c1-16(17-7-9-19(10-8-17)27-12-3-11-26)30-24(34)22(32)21(31)23(33)29-14-4-13-28-20-6-2-5-18(25)15-20/h2-3,5-10,12,15-16,21-22,27-28,31-32H,4,11,13-14,26H2,1H3,(H,29,33)(H,30,34)/b12-3-/t16-,21-,22?/m1/s1. The average Bonchev–Trinajstić information content (AvgIpc) is 2.83. The zero-order valence-electron chi connectivity index (χ0n) is 19.0. The van der Waals surface area contributed by atoms with Gasteiger partial charge in [0.25, 0.3) is 11.8 Å². The van der Waals surface area contributed by atoms with Gasteiger partial charge in [-0.25, -0.2) is 0 Å². The second-order valence-corrected chi connectivity index (χ2v) is 8.04. The van der Waals surface area contributed by atoms with Crippen LogP contribution in [0.25, 0.3) is 0 Å². The highest BCUT2D eigenvalue weighted by molar-refractivity contribution is 6.30. The number of hydrogen-bond acceptors (Lipinski definition) is 7. The second kappa shape index (κ2) is 14.2. The van der Waals surface area contributed by atoms with Crippen LogP contribution in [0.4, 0.5) is 11.4 Å². The number of benzene rings is 2. The van der Waals surface area contributed by atoms with Crippen LogP contribution in [0.15, 0.2) is 60.8 Å². The number of aliphatic hydroxyl groups is 2. The summed E-state index contributed by atoms with van der Waals surface area (Å²) in [5, 5.41) is 32.1. The number of halogens is 1. The first-order valence-corrected chi connectivity index (χ1v) is 11.3. The Morgan fingerprint density at radius 3 is 2.41 bits per heavy atom. The van der Waals surface area contributed by atoms with Crippen molar-refractivity contribution in [2.24, 2.45) is 5.73 Å². The Bertz CT molecular complexity index is 955. The fourth-order valence-electron chi connectivity index (χ4n) is 3.00. The monoisotopic (exact) mass is 489 g/mol. The van der Waals surface area contributed by atoms with Gasteiger partial charge in [-0.1, -0.05) is 35.9 Å². The lowest BCUT2D eigenvalue weighted by molar-refractivity contribution is -0.146. The molecule has 2 aromatic carbocycles. The van der Waals surface area contributed by atoms with Gasteiger partial charge in [0.1, 0.15) is 0 Å². The van der Waals surface area contributed by atoms with Crippen molar-refractivity contribution < 1.29 is 19.8 Å². The number of hydrogen-bond donors (Lipinski definition) is 7. The Morgan fingerprint density at radius 1 is 1.03 bits per heavy atom. The van der Waals surface area contributed by atoms with Gasteiger partial charge >= 0.3 is 0 Å². The zero-order valence-corrected chi connectivity index (χ0v) is 19.8. The van der Waals surface area contributed by atoms with E-state index in [4.69, 9.17) is 17.3 Å². The summed E-state index contributed by atoms with van der Waals surface area (Å²) in [5.74, 6) is -1.66. The Morgan fingerprint density at radius 2 is 1.74 bits per heavy atom. The molecule has 0 radical (unpaired) electrons. The van der Waals surface area contributed by atoms with Crippen LogP contribution in [-0.4, -0.2) is 53.9 Å². The fourth-order valence-corrected chi connectivity index (χ4v) is 3.19. The van der Waals surface area contributed by atoms with Crippen molar-refractivity contribution in [3.05, 3.63) is 71.4 Å². The Kier molecular flexibility index (Phi) is 11.3. The molecule has 2 amide bonds. The minimum Gasteiger partial charge on any atom is -0.385 e. The van der Waals surface area contributed by atoms with Gasteiger partial charge < -0.3 is 37.2 Å². The van der Waals surface area contributed by atoms with E-state index in [1.54, 1.807) is 31.3 Å². The third-order valence-corrected chi connectivity index (χ3v) is 5.15. The summed E-state index contributed by atoms with van der Waals surface area (Å²) >= 11 is 5.92. The van der Waals surface area contributed by atoms with E-state index in [1.165, 1.54) is 0 Å². The molecule has 3 atom stereocenters. The van der Waals surface area contributed by atoms with Gasteiger partial charge in [-0.3, -0.25) is 9.59 Å². The van der Waals surface area contributed by atoms with Gasteiger partial charge in [0.2, 0.25) is 0 Å². The number of nitrogens with one attached hydrogen (secondary N) is 4. The topological polar surface area (TPSA) is 149 Å². The minimum atomic E-state index is -1.89. The number of aliphatic hydroxyl groups excluding tert-OH is 2. The van der Waals surface area contributed by atoms with Crippen LogP contribution >= 0.6 is 11.6 Å². The van der Waals surface area contributed by atoms with E-state index < -0.39 is 30.1 Å².